The maximum atomic E-state index is 11.9. The number of benzene rings is 1. The number of amides is 1. The summed E-state index contributed by atoms with van der Waals surface area (Å²) in [6, 6.07) is 10.0. The Morgan fingerprint density at radius 1 is 1.48 bits per heavy atom. The number of carbonyl (C=O) groups is 1. The maximum absolute atomic E-state index is 11.9. The summed E-state index contributed by atoms with van der Waals surface area (Å²) in [4.78, 5) is 14.3. The van der Waals surface area contributed by atoms with E-state index in [9.17, 15) is 4.79 Å². The molecule has 2 atom stereocenters. The van der Waals surface area contributed by atoms with Gasteiger partial charge in [-0.25, -0.2) is 0 Å². The molecule has 0 saturated carbocycles. The van der Waals surface area contributed by atoms with Crippen molar-refractivity contribution in [1.29, 1.82) is 0 Å². The number of nitrogens with two attached hydrogens (primary N) is 1. The van der Waals surface area contributed by atoms with Gasteiger partial charge < -0.3 is 15.8 Å². The largest absolute Gasteiger partial charge is 0.383 e. The second kappa shape index (κ2) is 8.12. The number of nitrogens with one attached hydrogen (secondary N) is 1. The van der Waals surface area contributed by atoms with E-state index in [-0.39, 0.29) is 18.6 Å². The summed E-state index contributed by atoms with van der Waals surface area (Å²) in [6.07, 6.45) is 2.11. The lowest BCUT2D eigenvalue weighted by Gasteiger charge is -2.33. The van der Waals surface area contributed by atoms with Crippen LogP contribution in [0.3, 0.4) is 0 Å². The Balaban J connectivity index is 1.82. The fourth-order valence-electron chi connectivity index (χ4n) is 2.72. The molecule has 0 bridgehead atoms. The van der Waals surface area contributed by atoms with Gasteiger partial charge in [-0.2, -0.15) is 0 Å². The summed E-state index contributed by atoms with van der Waals surface area (Å²) in [5, 5.41) is 3.03. The second-order valence-corrected chi connectivity index (χ2v) is 5.63. The van der Waals surface area contributed by atoms with Crippen molar-refractivity contribution in [3.63, 3.8) is 0 Å². The van der Waals surface area contributed by atoms with Crippen LogP contribution in [0.1, 0.15) is 18.4 Å². The Morgan fingerprint density at radius 3 is 2.95 bits per heavy atom. The fraction of sp³-hybridized carbons (Fsp3) is 0.562. The third-order valence-electron chi connectivity index (χ3n) is 3.78. The molecule has 1 heterocycles. The van der Waals surface area contributed by atoms with Gasteiger partial charge in [-0.1, -0.05) is 30.3 Å². The Labute approximate surface area is 126 Å². The van der Waals surface area contributed by atoms with Crippen molar-refractivity contribution in [1.82, 2.24) is 10.2 Å². The van der Waals surface area contributed by atoms with Crippen molar-refractivity contribution in [3.05, 3.63) is 35.9 Å². The van der Waals surface area contributed by atoms with Gasteiger partial charge in [-0.15, -0.1) is 0 Å². The van der Waals surface area contributed by atoms with E-state index in [2.05, 4.69) is 34.5 Å². The van der Waals surface area contributed by atoms with Crippen LogP contribution >= 0.6 is 0 Å². The minimum absolute atomic E-state index is 0.122. The molecule has 2 rings (SSSR count). The van der Waals surface area contributed by atoms with Crippen LogP contribution in [-0.4, -0.2) is 49.7 Å². The Kier molecular flexibility index (Phi) is 6.17. The lowest BCUT2D eigenvalue weighted by Crippen LogP contribution is -2.52. The molecule has 1 aliphatic rings. The average Bonchev–Trinajstić information content (AvgIpc) is 2.49. The lowest BCUT2D eigenvalue weighted by molar-refractivity contribution is -0.124. The molecule has 3 N–H and O–H groups in total. The number of carbonyl (C=O) groups excluding carboxylic acids is 1. The van der Waals surface area contributed by atoms with Crippen LogP contribution in [0.4, 0.5) is 0 Å². The molecule has 1 aromatic rings. The van der Waals surface area contributed by atoms with Gasteiger partial charge in [-0.3, -0.25) is 9.69 Å². The summed E-state index contributed by atoms with van der Waals surface area (Å²) in [5.74, 6) is -0.122. The van der Waals surface area contributed by atoms with Gasteiger partial charge >= 0.3 is 0 Å². The highest BCUT2D eigenvalue weighted by molar-refractivity contribution is 5.81. The normalized spacial score (nSPS) is 21.0. The third-order valence-corrected chi connectivity index (χ3v) is 3.78. The molecule has 1 saturated heterocycles. The minimum Gasteiger partial charge on any atom is -0.383 e. The van der Waals surface area contributed by atoms with Gasteiger partial charge in [-0.05, 0) is 24.9 Å². The first-order valence-electron chi connectivity index (χ1n) is 7.50. The number of nitrogens with zero attached hydrogens (tertiary/aromatic N) is 1. The maximum Gasteiger partial charge on any atom is 0.239 e. The van der Waals surface area contributed by atoms with Crippen LogP contribution in [0, 0.1) is 0 Å². The Hall–Kier alpha value is -1.43. The van der Waals surface area contributed by atoms with Crippen LogP contribution in [0.25, 0.3) is 0 Å². The molecule has 1 aliphatic heterocycles. The van der Waals surface area contributed by atoms with E-state index in [1.54, 1.807) is 7.11 Å². The smallest absolute Gasteiger partial charge is 0.239 e. The highest BCUT2D eigenvalue weighted by Crippen LogP contribution is 2.13. The average molecular weight is 291 g/mol. The number of ether oxygens (including phenoxy) is 1. The van der Waals surface area contributed by atoms with Crippen LogP contribution in [0.2, 0.25) is 0 Å². The monoisotopic (exact) mass is 291 g/mol. The number of piperidine rings is 1. The number of rotatable bonds is 6. The summed E-state index contributed by atoms with van der Waals surface area (Å²) in [6.45, 7) is 3.13. The number of hydrogen-bond donors (Lipinski definition) is 2. The molecule has 1 amide bonds. The van der Waals surface area contributed by atoms with Crippen molar-refractivity contribution in [3.8, 4) is 0 Å². The van der Waals surface area contributed by atoms with Crippen LogP contribution in [0.5, 0.6) is 0 Å². The van der Waals surface area contributed by atoms with E-state index >= 15 is 0 Å². The quantitative estimate of drug-likeness (QED) is 0.811. The first-order valence-corrected chi connectivity index (χ1v) is 7.50. The topological polar surface area (TPSA) is 67.6 Å². The van der Waals surface area contributed by atoms with E-state index in [1.807, 2.05) is 6.07 Å². The lowest BCUT2D eigenvalue weighted by atomic mass is 10.0. The van der Waals surface area contributed by atoms with E-state index in [1.165, 1.54) is 5.56 Å². The SMILES string of the molecule is COCC(N)C(=O)NC1CCCN(Cc2ccccc2)C1. The van der Waals surface area contributed by atoms with Gasteiger partial charge in [0, 0.05) is 26.2 Å². The van der Waals surface area contributed by atoms with E-state index < -0.39 is 6.04 Å². The first kappa shape index (κ1) is 15.9. The molecule has 1 aromatic carbocycles. The highest BCUT2D eigenvalue weighted by atomic mass is 16.5. The molecule has 0 aromatic heterocycles. The van der Waals surface area contributed by atoms with Crippen molar-refractivity contribution in [2.24, 2.45) is 5.73 Å². The fourth-order valence-corrected chi connectivity index (χ4v) is 2.72. The molecule has 2 unspecified atom stereocenters. The summed E-state index contributed by atoms with van der Waals surface area (Å²) < 4.78 is 4.92. The Bertz CT molecular complexity index is 438. The molecular weight excluding hydrogens is 266 g/mol. The standard InChI is InChI=1S/C16H25N3O2/c1-21-12-15(17)16(20)18-14-8-5-9-19(11-14)10-13-6-3-2-4-7-13/h2-4,6-7,14-15H,5,8-12,17H2,1H3,(H,18,20). The minimum atomic E-state index is -0.584. The van der Waals surface area contributed by atoms with Gasteiger partial charge in [0.05, 0.1) is 6.61 Å². The summed E-state index contributed by atoms with van der Waals surface area (Å²) in [7, 11) is 1.55. The molecule has 1 fully saturated rings. The van der Waals surface area contributed by atoms with Gasteiger partial charge in [0.1, 0.15) is 6.04 Å². The van der Waals surface area contributed by atoms with E-state index in [0.29, 0.717) is 0 Å². The Morgan fingerprint density at radius 2 is 2.24 bits per heavy atom. The van der Waals surface area contributed by atoms with Crippen molar-refractivity contribution < 1.29 is 9.53 Å². The van der Waals surface area contributed by atoms with Crippen LogP contribution in [-0.2, 0) is 16.1 Å². The number of hydrogen-bond acceptors (Lipinski definition) is 4. The highest BCUT2D eigenvalue weighted by Gasteiger charge is 2.23. The van der Waals surface area contributed by atoms with Gasteiger partial charge in [0.25, 0.3) is 0 Å². The van der Waals surface area contributed by atoms with Gasteiger partial charge in [0.15, 0.2) is 0 Å². The molecule has 0 radical (unpaired) electrons. The molecule has 0 aliphatic carbocycles. The molecule has 21 heavy (non-hydrogen) atoms. The van der Waals surface area contributed by atoms with E-state index in [0.717, 1.165) is 32.5 Å². The summed E-state index contributed by atoms with van der Waals surface area (Å²) in [5.41, 5.74) is 7.06. The molecule has 5 heteroatoms. The second-order valence-electron chi connectivity index (χ2n) is 5.63. The predicted molar refractivity (Wildman–Crippen MR) is 82.7 cm³/mol. The molecule has 0 spiro atoms. The van der Waals surface area contributed by atoms with Crippen molar-refractivity contribution in [2.45, 2.75) is 31.5 Å². The third kappa shape index (κ3) is 5.12. The van der Waals surface area contributed by atoms with Crippen molar-refractivity contribution >= 4 is 5.91 Å². The molecule has 5 nitrogen and oxygen atoms in total. The first-order chi connectivity index (χ1) is 10.2. The zero-order valence-corrected chi connectivity index (χ0v) is 12.6. The van der Waals surface area contributed by atoms with Crippen molar-refractivity contribution in [2.75, 3.05) is 26.8 Å². The zero-order chi connectivity index (χ0) is 15.1. The van der Waals surface area contributed by atoms with E-state index in [4.69, 9.17) is 10.5 Å². The van der Waals surface area contributed by atoms with Gasteiger partial charge in [0.2, 0.25) is 5.91 Å². The predicted octanol–water partition coefficient (Wildman–Crippen LogP) is 0.741. The molecular formula is C16H25N3O2. The van der Waals surface area contributed by atoms with Crippen LogP contribution < -0.4 is 11.1 Å². The number of likely N-dealkylation sites (tertiary alicyclic amines) is 1. The van der Waals surface area contributed by atoms with Crippen LogP contribution in [0.15, 0.2) is 30.3 Å². The molecule has 116 valence electrons. The summed E-state index contributed by atoms with van der Waals surface area (Å²) >= 11 is 0. The zero-order valence-electron chi connectivity index (χ0n) is 12.6. The number of methoxy groups -OCH3 is 1.